The maximum Gasteiger partial charge on any atom is 0.217 e. The highest BCUT2D eigenvalue weighted by Gasteiger charge is 2.01. The summed E-state index contributed by atoms with van der Waals surface area (Å²) in [5.74, 6) is 0.620. The van der Waals surface area contributed by atoms with Crippen LogP contribution in [0.1, 0.15) is 24.8 Å². The molecule has 0 saturated heterocycles. The van der Waals surface area contributed by atoms with E-state index in [2.05, 4.69) is 21.2 Å². The molecular weight excluding hydrogens is 296 g/mol. The zero-order chi connectivity index (χ0) is 13.4. The Morgan fingerprint density at radius 3 is 2.89 bits per heavy atom. The smallest absolute Gasteiger partial charge is 0.217 e. The first-order valence-electron chi connectivity index (χ1n) is 5.95. The van der Waals surface area contributed by atoms with E-state index < -0.39 is 0 Å². The number of ether oxygens (including phenoxy) is 1. The van der Waals surface area contributed by atoms with E-state index in [4.69, 9.17) is 10.5 Å². The lowest BCUT2D eigenvalue weighted by Gasteiger charge is -2.08. The van der Waals surface area contributed by atoms with Gasteiger partial charge in [0.1, 0.15) is 5.75 Å². The van der Waals surface area contributed by atoms with Crippen molar-refractivity contribution < 1.29 is 9.53 Å². The lowest BCUT2D eigenvalue weighted by Crippen LogP contribution is -2.16. The van der Waals surface area contributed by atoms with Crippen LogP contribution in [-0.2, 0) is 11.3 Å². The quantitative estimate of drug-likeness (QED) is 0.723. The molecule has 18 heavy (non-hydrogen) atoms. The molecule has 1 aromatic carbocycles. The van der Waals surface area contributed by atoms with Gasteiger partial charge >= 0.3 is 0 Å². The van der Waals surface area contributed by atoms with Gasteiger partial charge in [0.15, 0.2) is 0 Å². The van der Waals surface area contributed by atoms with Crippen molar-refractivity contribution in [3.05, 3.63) is 28.2 Å². The van der Waals surface area contributed by atoms with Crippen molar-refractivity contribution in [3.63, 3.8) is 0 Å². The van der Waals surface area contributed by atoms with E-state index in [0.29, 0.717) is 6.42 Å². The Bertz CT molecular complexity index is 397. The van der Waals surface area contributed by atoms with E-state index in [-0.39, 0.29) is 5.91 Å². The Morgan fingerprint density at radius 1 is 1.44 bits per heavy atom. The first kappa shape index (κ1) is 15.0. The van der Waals surface area contributed by atoms with Gasteiger partial charge in [0, 0.05) is 17.4 Å². The molecule has 0 unspecified atom stereocenters. The van der Waals surface area contributed by atoms with Crippen LogP contribution in [0.5, 0.6) is 5.75 Å². The van der Waals surface area contributed by atoms with Gasteiger partial charge in [-0.2, -0.15) is 0 Å². The Labute approximate surface area is 116 Å². The predicted molar refractivity (Wildman–Crippen MR) is 75.4 cm³/mol. The van der Waals surface area contributed by atoms with Crippen LogP contribution >= 0.6 is 15.9 Å². The maximum atomic E-state index is 10.6. The second kappa shape index (κ2) is 8.11. The summed E-state index contributed by atoms with van der Waals surface area (Å²) in [5, 5.41) is 3.33. The normalized spacial score (nSPS) is 10.3. The third kappa shape index (κ3) is 5.51. The molecule has 0 saturated carbocycles. The fourth-order valence-electron chi connectivity index (χ4n) is 1.59. The summed E-state index contributed by atoms with van der Waals surface area (Å²) >= 11 is 3.50. The standard InChI is InChI=1S/C13H19BrN2O2/c1-18-11-5-6-12(14)10(8-11)9-16-7-3-2-4-13(15)17/h5-6,8,16H,2-4,7,9H2,1H3,(H2,15,17). The molecule has 0 spiro atoms. The van der Waals surface area contributed by atoms with Gasteiger partial charge in [-0.3, -0.25) is 4.79 Å². The van der Waals surface area contributed by atoms with Crippen LogP contribution in [0.4, 0.5) is 0 Å². The monoisotopic (exact) mass is 314 g/mol. The van der Waals surface area contributed by atoms with Crippen LogP contribution in [0.25, 0.3) is 0 Å². The van der Waals surface area contributed by atoms with Crippen LogP contribution in [-0.4, -0.2) is 19.6 Å². The molecule has 1 aromatic rings. The number of primary amides is 1. The van der Waals surface area contributed by atoms with Crippen molar-refractivity contribution in [3.8, 4) is 5.75 Å². The van der Waals surface area contributed by atoms with E-state index in [1.165, 1.54) is 0 Å². The lowest BCUT2D eigenvalue weighted by atomic mass is 10.2. The predicted octanol–water partition coefficient (Wildman–Crippen LogP) is 2.20. The first-order valence-corrected chi connectivity index (χ1v) is 6.74. The van der Waals surface area contributed by atoms with E-state index in [1.807, 2.05) is 18.2 Å². The summed E-state index contributed by atoms with van der Waals surface area (Å²) in [6, 6.07) is 5.89. The number of nitrogens with two attached hydrogens (primary N) is 1. The van der Waals surface area contributed by atoms with Crippen LogP contribution in [0, 0.1) is 0 Å². The first-order chi connectivity index (χ1) is 8.63. The van der Waals surface area contributed by atoms with Gasteiger partial charge in [-0.15, -0.1) is 0 Å². The van der Waals surface area contributed by atoms with Crippen molar-refractivity contribution in [1.29, 1.82) is 0 Å². The molecule has 1 amide bonds. The van der Waals surface area contributed by atoms with Crippen molar-refractivity contribution in [2.45, 2.75) is 25.8 Å². The van der Waals surface area contributed by atoms with Crippen LogP contribution in [0.15, 0.2) is 22.7 Å². The summed E-state index contributed by atoms with van der Waals surface area (Å²) in [5.41, 5.74) is 6.23. The number of halogens is 1. The van der Waals surface area contributed by atoms with E-state index >= 15 is 0 Å². The number of hydrogen-bond donors (Lipinski definition) is 2. The molecule has 0 heterocycles. The third-order valence-electron chi connectivity index (χ3n) is 2.60. The number of carbonyl (C=O) groups is 1. The van der Waals surface area contributed by atoms with Gasteiger partial charge in [-0.25, -0.2) is 0 Å². The summed E-state index contributed by atoms with van der Waals surface area (Å²) < 4.78 is 6.24. The van der Waals surface area contributed by atoms with Crippen molar-refractivity contribution >= 4 is 21.8 Å². The van der Waals surface area contributed by atoms with Gasteiger partial charge in [0.25, 0.3) is 0 Å². The van der Waals surface area contributed by atoms with E-state index in [9.17, 15) is 4.79 Å². The van der Waals surface area contributed by atoms with Crippen LogP contribution < -0.4 is 15.8 Å². The fraction of sp³-hybridized carbons (Fsp3) is 0.462. The van der Waals surface area contributed by atoms with Crippen LogP contribution in [0.2, 0.25) is 0 Å². The number of carbonyl (C=O) groups excluding carboxylic acids is 1. The molecule has 0 aliphatic carbocycles. The molecule has 4 nitrogen and oxygen atoms in total. The van der Waals surface area contributed by atoms with Crippen molar-refractivity contribution in [2.24, 2.45) is 5.73 Å². The Kier molecular flexibility index (Phi) is 6.75. The van der Waals surface area contributed by atoms with E-state index in [1.54, 1.807) is 7.11 Å². The zero-order valence-corrected chi connectivity index (χ0v) is 12.1. The molecule has 0 aliphatic rings. The van der Waals surface area contributed by atoms with Gasteiger partial charge in [0.2, 0.25) is 5.91 Å². The summed E-state index contributed by atoms with van der Waals surface area (Å²) in [7, 11) is 1.66. The highest BCUT2D eigenvalue weighted by atomic mass is 79.9. The van der Waals surface area contributed by atoms with Gasteiger partial charge in [-0.05, 0) is 43.1 Å². The maximum absolute atomic E-state index is 10.6. The largest absolute Gasteiger partial charge is 0.497 e. The molecular formula is C13H19BrN2O2. The molecule has 0 aromatic heterocycles. The minimum atomic E-state index is -0.231. The number of unbranched alkanes of at least 4 members (excludes halogenated alkanes) is 1. The molecule has 1 rings (SSSR count). The Morgan fingerprint density at radius 2 is 2.22 bits per heavy atom. The minimum Gasteiger partial charge on any atom is -0.497 e. The molecule has 5 heteroatoms. The molecule has 0 aliphatic heterocycles. The molecule has 0 atom stereocenters. The summed E-state index contributed by atoms with van der Waals surface area (Å²) in [6.07, 6.45) is 2.25. The average Bonchev–Trinajstić information content (AvgIpc) is 2.35. The number of amides is 1. The number of nitrogens with one attached hydrogen (secondary N) is 1. The van der Waals surface area contributed by atoms with Crippen molar-refractivity contribution in [1.82, 2.24) is 5.32 Å². The summed E-state index contributed by atoms with van der Waals surface area (Å²) in [4.78, 5) is 10.6. The highest BCUT2D eigenvalue weighted by molar-refractivity contribution is 9.10. The zero-order valence-electron chi connectivity index (χ0n) is 10.5. The number of hydrogen-bond acceptors (Lipinski definition) is 3. The minimum absolute atomic E-state index is 0.231. The average molecular weight is 315 g/mol. The highest BCUT2D eigenvalue weighted by Crippen LogP contribution is 2.22. The Balaban J connectivity index is 2.28. The van der Waals surface area contributed by atoms with Gasteiger partial charge in [-0.1, -0.05) is 15.9 Å². The second-order valence-electron chi connectivity index (χ2n) is 4.06. The number of rotatable bonds is 8. The molecule has 3 N–H and O–H groups in total. The summed E-state index contributed by atoms with van der Waals surface area (Å²) in [6.45, 7) is 1.64. The molecule has 0 radical (unpaired) electrons. The number of methoxy groups -OCH3 is 1. The van der Waals surface area contributed by atoms with Crippen LogP contribution in [0.3, 0.4) is 0 Å². The Hall–Kier alpha value is -1.07. The number of benzene rings is 1. The molecule has 0 bridgehead atoms. The molecule has 0 fully saturated rings. The van der Waals surface area contributed by atoms with Gasteiger partial charge < -0.3 is 15.8 Å². The third-order valence-corrected chi connectivity index (χ3v) is 3.37. The topological polar surface area (TPSA) is 64.3 Å². The van der Waals surface area contributed by atoms with E-state index in [0.717, 1.165) is 41.7 Å². The van der Waals surface area contributed by atoms with Gasteiger partial charge in [0.05, 0.1) is 7.11 Å². The molecule has 100 valence electrons. The lowest BCUT2D eigenvalue weighted by molar-refractivity contribution is -0.118. The fourth-order valence-corrected chi connectivity index (χ4v) is 1.97. The SMILES string of the molecule is COc1ccc(Br)c(CNCCCCC(N)=O)c1. The second-order valence-corrected chi connectivity index (χ2v) is 4.91. The van der Waals surface area contributed by atoms with Crippen molar-refractivity contribution in [2.75, 3.05) is 13.7 Å².